The molecule has 1 aliphatic rings. The van der Waals surface area contributed by atoms with Crippen LogP contribution in [0.1, 0.15) is 25.3 Å². The number of aryl methyl sites for hydroxylation is 2. The average molecular weight is 360 g/mol. The van der Waals surface area contributed by atoms with Crippen molar-refractivity contribution in [2.75, 3.05) is 20.2 Å². The minimum Gasteiger partial charge on any atom is -0.495 e. The first-order valence-corrected chi connectivity index (χ1v) is 8.76. The molecule has 0 unspecified atom stereocenters. The van der Waals surface area contributed by atoms with Crippen LogP contribution in [0.15, 0.2) is 15.8 Å². The van der Waals surface area contributed by atoms with Gasteiger partial charge in [0.25, 0.3) is 5.56 Å². The molecule has 26 heavy (non-hydrogen) atoms. The molecule has 8 heteroatoms. The molecule has 2 aromatic heterocycles. The van der Waals surface area contributed by atoms with Gasteiger partial charge >= 0.3 is 5.69 Å². The Morgan fingerprint density at radius 3 is 2.58 bits per heavy atom. The molecule has 0 N–H and O–H groups in total. The number of pyridine rings is 1. The third kappa shape index (κ3) is 3.00. The Hall–Kier alpha value is -2.64. The molecular weight excluding hydrogens is 336 g/mol. The SMILES string of the molecule is COc1c(C)cnc2c1c(=O)n(CC(=O)N1CCC(C)CC1)c(=O)n2C. The average Bonchev–Trinajstić information content (AvgIpc) is 2.63. The lowest BCUT2D eigenvalue weighted by atomic mass is 9.99. The van der Waals surface area contributed by atoms with Crippen LogP contribution in [-0.2, 0) is 18.4 Å². The number of likely N-dealkylation sites (tertiary alicyclic amines) is 1. The number of aromatic nitrogens is 3. The Morgan fingerprint density at radius 1 is 1.31 bits per heavy atom. The Morgan fingerprint density at radius 2 is 1.96 bits per heavy atom. The lowest BCUT2D eigenvalue weighted by molar-refractivity contribution is -0.133. The summed E-state index contributed by atoms with van der Waals surface area (Å²) >= 11 is 0. The summed E-state index contributed by atoms with van der Waals surface area (Å²) in [6, 6.07) is 0. The molecule has 2 aromatic rings. The van der Waals surface area contributed by atoms with Gasteiger partial charge < -0.3 is 9.64 Å². The maximum absolute atomic E-state index is 13.0. The quantitative estimate of drug-likeness (QED) is 0.803. The number of nitrogens with zero attached hydrogens (tertiary/aromatic N) is 4. The van der Waals surface area contributed by atoms with Crippen molar-refractivity contribution in [1.29, 1.82) is 0 Å². The largest absolute Gasteiger partial charge is 0.495 e. The zero-order chi connectivity index (χ0) is 19.0. The Kier molecular flexibility index (Phi) is 4.84. The monoisotopic (exact) mass is 360 g/mol. The van der Waals surface area contributed by atoms with Gasteiger partial charge in [-0.15, -0.1) is 0 Å². The molecule has 0 spiro atoms. The number of carbonyl (C=O) groups excluding carboxylic acids is 1. The molecular formula is C18H24N4O4. The summed E-state index contributed by atoms with van der Waals surface area (Å²) in [7, 11) is 3.01. The van der Waals surface area contributed by atoms with Gasteiger partial charge in [0.1, 0.15) is 17.7 Å². The van der Waals surface area contributed by atoms with Gasteiger partial charge in [-0.2, -0.15) is 0 Å². The molecule has 140 valence electrons. The minimum atomic E-state index is -0.556. The Balaban J connectivity index is 2.07. The number of methoxy groups -OCH3 is 1. The Labute approximate surface area is 151 Å². The van der Waals surface area contributed by atoms with Crippen molar-refractivity contribution >= 4 is 16.9 Å². The van der Waals surface area contributed by atoms with Crippen LogP contribution in [0.4, 0.5) is 0 Å². The molecule has 0 aliphatic carbocycles. The number of carbonyl (C=O) groups is 1. The van der Waals surface area contributed by atoms with Crippen LogP contribution in [0.5, 0.6) is 5.75 Å². The second kappa shape index (κ2) is 6.93. The van der Waals surface area contributed by atoms with E-state index in [0.29, 0.717) is 30.3 Å². The van der Waals surface area contributed by atoms with Gasteiger partial charge in [0.15, 0.2) is 5.65 Å². The number of ether oxygens (including phenoxy) is 1. The van der Waals surface area contributed by atoms with E-state index >= 15 is 0 Å². The van der Waals surface area contributed by atoms with Gasteiger partial charge in [-0.3, -0.25) is 14.2 Å². The van der Waals surface area contributed by atoms with Gasteiger partial charge in [-0.25, -0.2) is 14.3 Å². The van der Waals surface area contributed by atoms with Gasteiger partial charge in [0.2, 0.25) is 5.91 Å². The van der Waals surface area contributed by atoms with Crippen molar-refractivity contribution in [2.45, 2.75) is 33.2 Å². The van der Waals surface area contributed by atoms with Crippen LogP contribution in [0.3, 0.4) is 0 Å². The van der Waals surface area contributed by atoms with Crippen molar-refractivity contribution in [3.05, 3.63) is 32.6 Å². The summed E-state index contributed by atoms with van der Waals surface area (Å²) in [5.74, 6) is 0.757. The third-order valence-electron chi connectivity index (χ3n) is 5.12. The lowest BCUT2D eigenvalue weighted by Crippen LogP contribution is -2.46. The Bertz CT molecular complexity index is 968. The van der Waals surface area contributed by atoms with E-state index in [1.165, 1.54) is 18.7 Å². The molecule has 0 aromatic carbocycles. The van der Waals surface area contributed by atoms with Gasteiger partial charge in [0.05, 0.1) is 7.11 Å². The molecule has 0 radical (unpaired) electrons. The van der Waals surface area contributed by atoms with E-state index in [4.69, 9.17) is 4.74 Å². The summed E-state index contributed by atoms with van der Waals surface area (Å²) in [4.78, 5) is 44.1. The van der Waals surface area contributed by atoms with Crippen LogP contribution in [0.25, 0.3) is 11.0 Å². The highest BCUT2D eigenvalue weighted by atomic mass is 16.5. The fraction of sp³-hybridized carbons (Fsp3) is 0.556. The number of piperidine rings is 1. The van der Waals surface area contributed by atoms with E-state index in [1.807, 2.05) is 0 Å². The van der Waals surface area contributed by atoms with Gasteiger partial charge in [-0.1, -0.05) is 6.92 Å². The van der Waals surface area contributed by atoms with Crippen molar-refractivity contribution in [1.82, 2.24) is 19.0 Å². The number of fused-ring (bicyclic) bond motifs is 1. The summed E-state index contributed by atoms with van der Waals surface area (Å²) in [6.07, 6.45) is 3.44. The third-order valence-corrected chi connectivity index (χ3v) is 5.12. The second-order valence-electron chi connectivity index (χ2n) is 6.97. The summed E-state index contributed by atoms with van der Waals surface area (Å²) < 4.78 is 7.62. The van der Waals surface area contributed by atoms with Gasteiger partial charge in [0, 0.05) is 31.9 Å². The first kappa shape index (κ1) is 18.2. The molecule has 3 rings (SSSR count). The molecule has 1 aliphatic heterocycles. The molecule has 8 nitrogen and oxygen atoms in total. The van der Waals surface area contributed by atoms with Crippen LogP contribution in [0, 0.1) is 12.8 Å². The zero-order valence-corrected chi connectivity index (χ0v) is 15.6. The smallest absolute Gasteiger partial charge is 0.332 e. The number of hydrogen-bond donors (Lipinski definition) is 0. The first-order valence-electron chi connectivity index (χ1n) is 8.76. The van der Waals surface area contributed by atoms with Crippen LogP contribution in [0.2, 0.25) is 0 Å². The maximum atomic E-state index is 13.0. The maximum Gasteiger partial charge on any atom is 0.332 e. The summed E-state index contributed by atoms with van der Waals surface area (Å²) in [6.45, 7) is 4.99. The van der Waals surface area contributed by atoms with Crippen molar-refractivity contribution < 1.29 is 9.53 Å². The summed E-state index contributed by atoms with van der Waals surface area (Å²) in [5, 5.41) is 0.217. The molecule has 1 saturated heterocycles. The van der Waals surface area contributed by atoms with E-state index < -0.39 is 11.2 Å². The molecule has 0 atom stereocenters. The van der Waals surface area contributed by atoms with Crippen LogP contribution < -0.4 is 16.0 Å². The zero-order valence-electron chi connectivity index (χ0n) is 15.6. The fourth-order valence-corrected chi connectivity index (χ4v) is 3.42. The normalized spacial score (nSPS) is 15.5. The van der Waals surface area contributed by atoms with E-state index in [0.717, 1.165) is 17.4 Å². The standard InChI is InChI=1S/C18H24N4O4/c1-11-5-7-21(8-6-11)13(23)10-22-17(24)14-15(26-4)12(2)9-19-16(14)20(3)18(22)25/h9,11H,5-8,10H2,1-4H3. The highest BCUT2D eigenvalue weighted by Crippen LogP contribution is 2.23. The van der Waals surface area contributed by atoms with E-state index in [1.54, 1.807) is 18.0 Å². The summed E-state index contributed by atoms with van der Waals surface area (Å²) in [5.41, 5.74) is -0.161. The van der Waals surface area contributed by atoms with Crippen molar-refractivity contribution in [2.24, 2.45) is 13.0 Å². The molecule has 3 heterocycles. The van der Waals surface area contributed by atoms with Gasteiger partial charge in [-0.05, 0) is 25.7 Å². The molecule has 0 bridgehead atoms. The van der Waals surface area contributed by atoms with E-state index in [9.17, 15) is 14.4 Å². The topological polar surface area (TPSA) is 86.4 Å². The number of amides is 1. The number of hydrogen-bond acceptors (Lipinski definition) is 5. The van der Waals surface area contributed by atoms with E-state index in [-0.39, 0.29) is 23.5 Å². The second-order valence-corrected chi connectivity index (χ2v) is 6.97. The predicted octanol–water partition coefficient (Wildman–Crippen LogP) is 0.671. The van der Waals surface area contributed by atoms with E-state index in [2.05, 4.69) is 11.9 Å². The van der Waals surface area contributed by atoms with Crippen molar-refractivity contribution in [3.8, 4) is 5.75 Å². The highest BCUT2D eigenvalue weighted by molar-refractivity contribution is 5.83. The molecule has 1 amide bonds. The van der Waals surface area contributed by atoms with Crippen LogP contribution in [-0.4, -0.2) is 45.1 Å². The van der Waals surface area contributed by atoms with Crippen LogP contribution >= 0.6 is 0 Å². The highest BCUT2D eigenvalue weighted by Gasteiger charge is 2.23. The first-order chi connectivity index (χ1) is 12.3. The predicted molar refractivity (Wildman–Crippen MR) is 97.5 cm³/mol. The fourth-order valence-electron chi connectivity index (χ4n) is 3.42. The molecule has 1 fully saturated rings. The van der Waals surface area contributed by atoms with Crippen molar-refractivity contribution in [3.63, 3.8) is 0 Å². The minimum absolute atomic E-state index is 0.213. The lowest BCUT2D eigenvalue weighted by Gasteiger charge is -2.30. The molecule has 0 saturated carbocycles. The number of rotatable bonds is 3.